The number of benzene rings is 1. The topological polar surface area (TPSA) is 30.5 Å². The second-order valence-corrected chi connectivity index (χ2v) is 3.68. The van der Waals surface area contributed by atoms with Crippen molar-refractivity contribution < 1.29 is 9.47 Å². The molecule has 0 aliphatic carbocycles. The minimum absolute atomic E-state index is 0.815. The molecule has 1 aromatic carbocycles. The molecule has 1 rings (SSSR count). The molecule has 14 heavy (non-hydrogen) atoms. The van der Waals surface area contributed by atoms with Crippen LogP contribution in [0.3, 0.4) is 0 Å². The molecular weight excluding hydrogens is 198 g/mol. The number of rotatable bonds is 5. The van der Waals surface area contributed by atoms with Crippen LogP contribution in [0.4, 0.5) is 0 Å². The van der Waals surface area contributed by atoms with E-state index in [-0.39, 0.29) is 0 Å². The monoisotopic (exact) mass is 213 g/mol. The molecule has 1 N–H and O–H groups in total. The largest absolute Gasteiger partial charge is 0.497 e. The predicted molar refractivity (Wildman–Crippen MR) is 59.3 cm³/mol. The first kappa shape index (κ1) is 11.2. The van der Waals surface area contributed by atoms with Gasteiger partial charge in [-0.1, -0.05) is 0 Å². The zero-order chi connectivity index (χ0) is 10.4. The third kappa shape index (κ3) is 2.82. The summed E-state index contributed by atoms with van der Waals surface area (Å²) in [6, 6.07) is 5.82. The Morgan fingerprint density at radius 2 is 2.07 bits per heavy atom. The molecule has 4 heteroatoms. The first-order valence-corrected chi connectivity index (χ1v) is 5.29. The van der Waals surface area contributed by atoms with E-state index in [0.29, 0.717) is 0 Å². The number of thioether (sulfide) groups is 1. The van der Waals surface area contributed by atoms with Gasteiger partial charge in [-0.15, -0.1) is 11.8 Å². The average molecular weight is 213 g/mol. The van der Waals surface area contributed by atoms with E-state index in [2.05, 4.69) is 5.32 Å². The lowest BCUT2D eigenvalue weighted by Gasteiger charge is -2.09. The Morgan fingerprint density at radius 3 is 2.64 bits per heavy atom. The van der Waals surface area contributed by atoms with Crippen LogP contribution in [0, 0.1) is 0 Å². The molecule has 0 saturated carbocycles. The summed E-state index contributed by atoms with van der Waals surface area (Å²) in [4.78, 5) is 1.11. The number of hydrogen-bond donors (Lipinski definition) is 1. The summed E-state index contributed by atoms with van der Waals surface area (Å²) in [5, 5.41) is 3.07. The molecular formula is C10H15NO2S. The molecule has 0 radical (unpaired) electrons. The lowest BCUT2D eigenvalue weighted by atomic mass is 10.3. The molecule has 0 amide bonds. The Morgan fingerprint density at radius 1 is 1.29 bits per heavy atom. The zero-order valence-electron chi connectivity index (χ0n) is 8.66. The fraction of sp³-hybridized carbons (Fsp3) is 0.400. The molecule has 0 aliphatic rings. The quantitative estimate of drug-likeness (QED) is 0.598. The summed E-state index contributed by atoms with van der Waals surface area (Å²) in [7, 11) is 5.23. The van der Waals surface area contributed by atoms with E-state index < -0.39 is 0 Å². The second kappa shape index (κ2) is 5.78. The van der Waals surface area contributed by atoms with Crippen LogP contribution in [-0.2, 0) is 0 Å². The molecule has 0 atom stereocenters. The minimum atomic E-state index is 0.815. The van der Waals surface area contributed by atoms with Gasteiger partial charge in [0, 0.05) is 11.9 Å². The SMILES string of the molecule is CNCSc1ccc(OC)cc1OC. The first-order chi connectivity index (χ1) is 6.81. The van der Waals surface area contributed by atoms with Gasteiger partial charge in [0.05, 0.1) is 19.1 Å². The van der Waals surface area contributed by atoms with Crippen molar-refractivity contribution in [3.05, 3.63) is 18.2 Å². The Bertz CT molecular complexity index is 291. The fourth-order valence-corrected chi connectivity index (χ4v) is 1.79. The number of hydrogen-bond acceptors (Lipinski definition) is 4. The molecule has 0 bridgehead atoms. The number of methoxy groups -OCH3 is 2. The Kier molecular flexibility index (Phi) is 4.62. The van der Waals surface area contributed by atoms with E-state index in [4.69, 9.17) is 9.47 Å². The van der Waals surface area contributed by atoms with Gasteiger partial charge in [-0.05, 0) is 19.2 Å². The maximum atomic E-state index is 5.26. The highest BCUT2D eigenvalue weighted by Gasteiger charge is 2.04. The van der Waals surface area contributed by atoms with E-state index in [1.807, 2.05) is 25.2 Å². The highest BCUT2D eigenvalue weighted by Crippen LogP contribution is 2.31. The van der Waals surface area contributed by atoms with Crippen molar-refractivity contribution in [1.82, 2.24) is 5.32 Å². The van der Waals surface area contributed by atoms with E-state index in [1.165, 1.54) is 0 Å². The van der Waals surface area contributed by atoms with Crippen molar-refractivity contribution in [1.29, 1.82) is 0 Å². The highest BCUT2D eigenvalue weighted by molar-refractivity contribution is 7.99. The third-order valence-corrected chi connectivity index (χ3v) is 2.82. The maximum Gasteiger partial charge on any atom is 0.136 e. The van der Waals surface area contributed by atoms with Crippen molar-refractivity contribution in [2.45, 2.75) is 4.90 Å². The number of ether oxygens (including phenoxy) is 2. The lowest BCUT2D eigenvalue weighted by molar-refractivity contribution is 0.387. The van der Waals surface area contributed by atoms with Gasteiger partial charge in [-0.3, -0.25) is 0 Å². The van der Waals surface area contributed by atoms with Crippen molar-refractivity contribution in [2.24, 2.45) is 0 Å². The van der Waals surface area contributed by atoms with E-state index in [0.717, 1.165) is 22.3 Å². The van der Waals surface area contributed by atoms with E-state index >= 15 is 0 Å². The summed E-state index contributed by atoms with van der Waals surface area (Å²) in [6.07, 6.45) is 0. The normalized spacial score (nSPS) is 9.93. The van der Waals surface area contributed by atoms with Crippen molar-refractivity contribution in [3.8, 4) is 11.5 Å². The molecule has 78 valence electrons. The Hall–Kier alpha value is -0.870. The third-order valence-electron chi connectivity index (χ3n) is 1.74. The van der Waals surface area contributed by atoms with Gasteiger partial charge in [0.2, 0.25) is 0 Å². The van der Waals surface area contributed by atoms with Gasteiger partial charge >= 0.3 is 0 Å². The van der Waals surface area contributed by atoms with Crippen LogP contribution in [0.5, 0.6) is 11.5 Å². The molecule has 0 aromatic heterocycles. The molecule has 0 fully saturated rings. The summed E-state index contributed by atoms with van der Waals surface area (Å²) >= 11 is 1.70. The van der Waals surface area contributed by atoms with Crippen LogP contribution in [0.15, 0.2) is 23.1 Å². The van der Waals surface area contributed by atoms with Gasteiger partial charge in [-0.2, -0.15) is 0 Å². The van der Waals surface area contributed by atoms with E-state index in [1.54, 1.807) is 26.0 Å². The Balaban J connectivity index is 2.82. The van der Waals surface area contributed by atoms with Gasteiger partial charge in [-0.25, -0.2) is 0 Å². The van der Waals surface area contributed by atoms with Gasteiger partial charge in [0.25, 0.3) is 0 Å². The zero-order valence-corrected chi connectivity index (χ0v) is 9.48. The summed E-state index contributed by atoms with van der Waals surface area (Å²) in [5.41, 5.74) is 0. The van der Waals surface area contributed by atoms with Crippen molar-refractivity contribution in [2.75, 3.05) is 27.1 Å². The molecule has 1 aromatic rings. The van der Waals surface area contributed by atoms with Crippen LogP contribution < -0.4 is 14.8 Å². The summed E-state index contributed by atoms with van der Waals surface area (Å²) in [5.74, 6) is 2.53. The standard InChI is InChI=1S/C10H15NO2S/c1-11-7-14-10-5-4-8(12-2)6-9(10)13-3/h4-6,11H,7H2,1-3H3. The molecule has 0 spiro atoms. The first-order valence-electron chi connectivity index (χ1n) is 4.31. The second-order valence-electron chi connectivity index (χ2n) is 2.66. The van der Waals surface area contributed by atoms with Crippen LogP contribution in [0.2, 0.25) is 0 Å². The summed E-state index contributed by atoms with van der Waals surface area (Å²) < 4.78 is 10.4. The molecule has 0 aliphatic heterocycles. The van der Waals surface area contributed by atoms with Crippen LogP contribution in [0.1, 0.15) is 0 Å². The molecule has 0 heterocycles. The summed E-state index contributed by atoms with van der Waals surface area (Å²) in [6.45, 7) is 0. The highest BCUT2D eigenvalue weighted by atomic mass is 32.2. The smallest absolute Gasteiger partial charge is 0.136 e. The van der Waals surface area contributed by atoms with Crippen molar-refractivity contribution in [3.63, 3.8) is 0 Å². The lowest BCUT2D eigenvalue weighted by Crippen LogP contribution is -2.03. The van der Waals surface area contributed by atoms with Gasteiger partial charge < -0.3 is 14.8 Å². The Labute approximate surface area is 88.8 Å². The van der Waals surface area contributed by atoms with Crippen LogP contribution in [0.25, 0.3) is 0 Å². The fourth-order valence-electron chi connectivity index (χ4n) is 1.04. The predicted octanol–water partition coefficient (Wildman–Crippen LogP) is 1.97. The number of nitrogens with one attached hydrogen (secondary N) is 1. The minimum Gasteiger partial charge on any atom is -0.497 e. The van der Waals surface area contributed by atoms with Gasteiger partial charge in [0.15, 0.2) is 0 Å². The van der Waals surface area contributed by atoms with E-state index in [9.17, 15) is 0 Å². The van der Waals surface area contributed by atoms with Crippen LogP contribution >= 0.6 is 11.8 Å². The van der Waals surface area contributed by atoms with Crippen LogP contribution in [-0.4, -0.2) is 27.1 Å². The molecule has 0 saturated heterocycles. The molecule has 3 nitrogen and oxygen atoms in total. The maximum absolute atomic E-state index is 5.26. The van der Waals surface area contributed by atoms with Gasteiger partial charge in [0.1, 0.15) is 11.5 Å². The van der Waals surface area contributed by atoms with Crippen molar-refractivity contribution >= 4 is 11.8 Å². The average Bonchev–Trinajstić information content (AvgIpc) is 2.26. The molecule has 0 unspecified atom stereocenters.